The Morgan fingerprint density at radius 2 is 1.85 bits per heavy atom. The van der Waals surface area contributed by atoms with E-state index in [1.54, 1.807) is 0 Å². The van der Waals surface area contributed by atoms with Crippen LogP contribution in [0.3, 0.4) is 0 Å². The Labute approximate surface area is 118 Å². The number of nitrogens with one attached hydrogen (secondary N) is 2. The number of carbonyl (C=O) groups is 2. The van der Waals surface area contributed by atoms with Gasteiger partial charge in [0.2, 0.25) is 5.91 Å². The van der Waals surface area contributed by atoms with Crippen molar-refractivity contribution in [3.05, 3.63) is 0 Å². The minimum Gasteiger partial charge on any atom is -0.481 e. The largest absolute Gasteiger partial charge is 0.481 e. The lowest BCUT2D eigenvalue weighted by molar-refractivity contribution is -0.145. The van der Waals surface area contributed by atoms with Gasteiger partial charge in [-0.15, -0.1) is 0 Å². The van der Waals surface area contributed by atoms with E-state index in [1.165, 1.54) is 6.42 Å². The molecule has 20 heavy (non-hydrogen) atoms. The standard InChI is InChI=1S/C15H22N2O3/c18-14(10-6-9-3-4-11(10)16-9)17-13-8-2-1-7(5-8)12(13)15(19)20/h7-13,16H,1-6H2,(H,17,18)(H,19,20). The lowest BCUT2D eigenvalue weighted by Crippen LogP contribution is -2.50. The minimum atomic E-state index is -0.728. The van der Waals surface area contributed by atoms with Crippen molar-refractivity contribution in [3.8, 4) is 0 Å². The van der Waals surface area contributed by atoms with E-state index in [0.717, 1.165) is 32.1 Å². The number of amides is 1. The van der Waals surface area contributed by atoms with E-state index in [4.69, 9.17) is 0 Å². The van der Waals surface area contributed by atoms with Crippen LogP contribution in [0.25, 0.3) is 0 Å². The second-order valence-corrected chi connectivity index (χ2v) is 7.12. The van der Waals surface area contributed by atoms with E-state index < -0.39 is 5.97 Å². The van der Waals surface area contributed by atoms with Crippen LogP contribution in [0.5, 0.6) is 0 Å². The third-order valence-electron chi connectivity index (χ3n) is 6.15. The summed E-state index contributed by atoms with van der Waals surface area (Å²) in [6.45, 7) is 0. The average molecular weight is 278 g/mol. The summed E-state index contributed by atoms with van der Waals surface area (Å²) in [6, 6.07) is 0.700. The monoisotopic (exact) mass is 278 g/mol. The van der Waals surface area contributed by atoms with E-state index in [9.17, 15) is 14.7 Å². The second-order valence-electron chi connectivity index (χ2n) is 7.12. The highest BCUT2D eigenvalue weighted by Crippen LogP contribution is 2.48. The van der Waals surface area contributed by atoms with E-state index in [2.05, 4.69) is 10.6 Å². The van der Waals surface area contributed by atoms with Gasteiger partial charge >= 0.3 is 5.97 Å². The molecular weight excluding hydrogens is 256 g/mol. The lowest BCUT2D eigenvalue weighted by Gasteiger charge is -2.31. The quantitative estimate of drug-likeness (QED) is 0.711. The van der Waals surface area contributed by atoms with Gasteiger partial charge in [0.1, 0.15) is 0 Å². The van der Waals surface area contributed by atoms with Crippen molar-refractivity contribution >= 4 is 11.9 Å². The van der Waals surface area contributed by atoms with Crippen molar-refractivity contribution in [2.45, 2.75) is 56.7 Å². The number of rotatable bonds is 3. The first kappa shape index (κ1) is 12.6. The van der Waals surface area contributed by atoms with Crippen LogP contribution in [0.2, 0.25) is 0 Å². The molecule has 2 aliphatic heterocycles. The molecule has 2 aliphatic carbocycles. The number of carboxylic acid groups (broad SMARTS) is 1. The van der Waals surface area contributed by atoms with Gasteiger partial charge in [0.15, 0.2) is 0 Å². The first-order valence-electron chi connectivity index (χ1n) is 7.92. The zero-order valence-corrected chi connectivity index (χ0v) is 11.5. The molecule has 5 nitrogen and oxygen atoms in total. The van der Waals surface area contributed by atoms with Crippen molar-refractivity contribution in [1.29, 1.82) is 0 Å². The molecule has 0 aromatic heterocycles. The number of hydrogen-bond acceptors (Lipinski definition) is 3. The minimum absolute atomic E-state index is 0.0577. The number of carbonyl (C=O) groups excluding carboxylic acids is 1. The molecule has 2 saturated carbocycles. The Balaban J connectivity index is 1.45. The van der Waals surface area contributed by atoms with Gasteiger partial charge in [-0.25, -0.2) is 0 Å². The number of hydrogen-bond donors (Lipinski definition) is 3. The fourth-order valence-electron chi connectivity index (χ4n) is 5.24. The van der Waals surface area contributed by atoms with Crippen LogP contribution in [0, 0.1) is 23.7 Å². The highest BCUT2D eigenvalue weighted by molar-refractivity contribution is 5.82. The third-order valence-corrected chi connectivity index (χ3v) is 6.15. The molecule has 2 heterocycles. The summed E-state index contributed by atoms with van der Waals surface area (Å²) in [7, 11) is 0. The summed E-state index contributed by atoms with van der Waals surface area (Å²) in [4.78, 5) is 24.0. The summed E-state index contributed by atoms with van der Waals surface area (Å²) in [6.07, 6.45) is 6.27. The molecule has 5 heteroatoms. The van der Waals surface area contributed by atoms with Crippen LogP contribution in [-0.2, 0) is 9.59 Å². The Morgan fingerprint density at radius 1 is 1.05 bits per heavy atom. The topological polar surface area (TPSA) is 78.4 Å². The Bertz CT molecular complexity index is 452. The van der Waals surface area contributed by atoms with Crippen LogP contribution < -0.4 is 10.6 Å². The van der Waals surface area contributed by atoms with E-state index in [1.807, 2.05) is 0 Å². The highest BCUT2D eigenvalue weighted by atomic mass is 16.4. The number of fused-ring (bicyclic) bond motifs is 4. The highest BCUT2D eigenvalue weighted by Gasteiger charge is 2.52. The molecule has 0 spiro atoms. The van der Waals surface area contributed by atoms with Gasteiger partial charge in [-0.2, -0.15) is 0 Å². The van der Waals surface area contributed by atoms with Gasteiger partial charge in [0.25, 0.3) is 0 Å². The van der Waals surface area contributed by atoms with Crippen molar-refractivity contribution in [1.82, 2.24) is 10.6 Å². The molecule has 2 saturated heterocycles. The predicted molar refractivity (Wildman–Crippen MR) is 71.9 cm³/mol. The van der Waals surface area contributed by atoms with Crippen molar-refractivity contribution in [2.75, 3.05) is 0 Å². The van der Waals surface area contributed by atoms with Gasteiger partial charge < -0.3 is 15.7 Å². The fraction of sp³-hybridized carbons (Fsp3) is 0.867. The second kappa shape index (κ2) is 4.45. The zero-order valence-electron chi connectivity index (χ0n) is 11.5. The van der Waals surface area contributed by atoms with Gasteiger partial charge in [0.05, 0.1) is 11.8 Å². The Morgan fingerprint density at radius 3 is 2.50 bits per heavy atom. The lowest BCUT2D eigenvalue weighted by atomic mass is 9.83. The van der Waals surface area contributed by atoms with E-state index in [0.29, 0.717) is 18.0 Å². The Kier molecular flexibility index (Phi) is 2.81. The van der Waals surface area contributed by atoms with E-state index in [-0.39, 0.29) is 29.7 Å². The summed E-state index contributed by atoms with van der Waals surface area (Å²) >= 11 is 0. The molecule has 3 N–H and O–H groups in total. The smallest absolute Gasteiger partial charge is 0.308 e. The van der Waals surface area contributed by atoms with Crippen LogP contribution in [-0.4, -0.2) is 35.1 Å². The first-order chi connectivity index (χ1) is 9.63. The number of aliphatic carboxylic acids is 1. The van der Waals surface area contributed by atoms with E-state index >= 15 is 0 Å². The van der Waals surface area contributed by atoms with Gasteiger partial charge in [-0.1, -0.05) is 0 Å². The van der Waals surface area contributed by atoms with Crippen LogP contribution in [0.1, 0.15) is 38.5 Å². The molecule has 0 radical (unpaired) electrons. The zero-order chi connectivity index (χ0) is 13.9. The van der Waals surface area contributed by atoms with Crippen LogP contribution in [0.15, 0.2) is 0 Å². The molecule has 110 valence electrons. The van der Waals surface area contributed by atoms with Crippen LogP contribution in [0.4, 0.5) is 0 Å². The SMILES string of the molecule is O=C(NC1C2CCC(C2)C1C(=O)O)C1CC2CCC1N2. The maximum atomic E-state index is 12.5. The molecule has 0 aromatic carbocycles. The molecule has 4 fully saturated rings. The number of carboxylic acids is 1. The molecule has 0 aromatic rings. The molecule has 7 unspecified atom stereocenters. The van der Waals surface area contributed by atoms with Gasteiger partial charge in [0, 0.05) is 18.1 Å². The summed E-state index contributed by atoms with van der Waals surface area (Å²) in [5, 5.41) is 16.0. The molecule has 4 aliphatic rings. The molecule has 4 bridgehead atoms. The molecule has 4 rings (SSSR count). The molecule has 7 atom stereocenters. The normalized spacial score (nSPS) is 48.7. The van der Waals surface area contributed by atoms with Crippen molar-refractivity contribution < 1.29 is 14.7 Å². The third kappa shape index (κ3) is 1.79. The maximum Gasteiger partial charge on any atom is 0.308 e. The maximum absolute atomic E-state index is 12.5. The predicted octanol–water partition coefficient (Wildman–Crippen LogP) is 0.742. The van der Waals surface area contributed by atoms with Gasteiger partial charge in [-0.05, 0) is 50.4 Å². The first-order valence-corrected chi connectivity index (χ1v) is 7.92. The van der Waals surface area contributed by atoms with Crippen molar-refractivity contribution in [2.24, 2.45) is 23.7 Å². The fourth-order valence-corrected chi connectivity index (χ4v) is 5.24. The summed E-state index contributed by atoms with van der Waals surface area (Å²) in [5.41, 5.74) is 0. The van der Waals surface area contributed by atoms with Crippen LogP contribution >= 0.6 is 0 Å². The van der Waals surface area contributed by atoms with Gasteiger partial charge in [-0.3, -0.25) is 9.59 Å². The average Bonchev–Trinajstić information content (AvgIpc) is 3.17. The summed E-state index contributed by atoms with van der Waals surface area (Å²) in [5.74, 6) is -0.272. The van der Waals surface area contributed by atoms with Crippen molar-refractivity contribution in [3.63, 3.8) is 0 Å². The molecule has 1 amide bonds. The Hall–Kier alpha value is -1.10. The summed E-state index contributed by atoms with van der Waals surface area (Å²) < 4.78 is 0. The molecular formula is C15H22N2O3.